The molecule has 0 aliphatic rings. The van der Waals surface area contributed by atoms with Crippen molar-refractivity contribution in [2.45, 2.75) is 46.8 Å². The van der Waals surface area contributed by atoms with Crippen molar-refractivity contribution in [3.8, 4) is 11.5 Å². The van der Waals surface area contributed by atoms with Gasteiger partial charge in [-0.15, -0.1) is 0 Å². The van der Waals surface area contributed by atoms with Crippen LogP contribution in [-0.2, 0) is 0 Å². The number of nitrogens with one attached hydrogen (secondary N) is 1. The van der Waals surface area contributed by atoms with Gasteiger partial charge in [0.2, 0.25) is 0 Å². The molecule has 0 atom stereocenters. The van der Waals surface area contributed by atoms with Crippen LogP contribution in [-0.4, -0.2) is 25.8 Å². The number of hydrogen-bond donors (Lipinski definition) is 1. The second kappa shape index (κ2) is 7.95. The standard InChI is InChI=1S/C17H27NO2/c1-12(2)18-11-14(5)10-15-8-7-9-16(19-6)17(15)20-13(3)4/h7-10,12-13,18H,11H2,1-6H3. The third-order valence-corrected chi connectivity index (χ3v) is 2.77. The van der Waals surface area contributed by atoms with Gasteiger partial charge < -0.3 is 14.8 Å². The third kappa shape index (κ3) is 5.25. The van der Waals surface area contributed by atoms with Gasteiger partial charge in [-0.2, -0.15) is 0 Å². The van der Waals surface area contributed by atoms with E-state index in [1.165, 1.54) is 5.57 Å². The largest absolute Gasteiger partial charge is 0.493 e. The Morgan fingerprint density at radius 3 is 2.50 bits per heavy atom. The summed E-state index contributed by atoms with van der Waals surface area (Å²) >= 11 is 0. The summed E-state index contributed by atoms with van der Waals surface area (Å²) in [5.41, 5.74) is 2.32. The zero-order valence-corrected chi connectivity index (χ0v) is 13.5. The third-order valence-electron chi connectivity index (χ3n) is 2.77. The Kier molecular flexibility index (Phi) is 6.59. The molecule has 0 aromatic heterocycles. The number of ether oxygens (including phenoxy) is 2. The maximum absolute atomic E-state index is 5.90. The fourth-order valence-corrected chi connectivity index (χ4v) is 1.85. The van der Waals surface area contributed by atoms with Crippen LogP contribution >= 0.6 is 0 Å². The molecule has 0 saturated carbocycles. The van der Waals surface area contributed by atoms with Crippen LogP contribution < -0.4 is 14.8 Å². The van der Waals surface area contributed by atoms with Crippen LogP contribution in [0.15, 0.2) is 23.8 Å². The van der Waals surface area contributed by atoms with Gasteiger partial charge in [-0.25, -0.2) is 0 Å². The van der Waals surface area contributed by atoms with Crippen molar-refractivity contribution in [3.05, 3.63) is 29.3 Å². The van der Waals surface area contributed by atoms with Crippen LogP contribution in [0.3, 0.4) is 0 Å². The van der Waals surface area contributed by atoms with Crippen molar-refractivity contribution in [2.24, 2.45) is 0 Å². The normalized spacial score (nSPS) is 12.1. The van der Waals surface area contributed by atoms with E-state index < -0.39 is 0 Å². The summed E-state index contributed by atoms with van der Waals surface area (Å²) in [6.45, 7) is 11.3. The molecule has 3 nitrogen and oxygen atoms in total. The molecule has 1 aromatic rings. The molecular formula is C17H27NO2. The van der Waals surface area contributed by atoms with Gasteiger partial charge in [-0.05, 0) is 26.8 Å². The lowest BCUT2D eigenvalue weighted by molar-refractivity contribution is 0.229. The van der Waals surface area contributed by atoms with Crippen LogP contribution in [0.2, 0.25) is 0 Å². The first-order valence-corrected chi connectivity index (χ1v) is 7.18. The summed E-state index contributed by atoms with van der Waals surface area (Å²) in [6, 6.07) is 6.45. The minimum Gasteiger partial charge on any atom is -0.493 e. The van der Waals surface area contributed by atoms with Gasteiger partial charge in [-0.1, -0.05) is 37.6 Å². The quantitative estimate of drug-likeness (QED) is 0.820. The lowest BCUT2D eigenvalue weighted by Gasteiger charge is -2.16. The highest BCUT2D eigenvalue weighted by molar-refractivity contribution is 5.64. The van der Waals surface area contributed by atoms with Crippen LogP contribution in [0.4, 0.5) is 0 Å². The maximum atomic E-state index is 5.90. The molecule has 1 aromatic carbocycles. The van der Waals surface area contributed by atoms with E-state index in [1.807, 2.05) is 26.0 Å². The Hall–Kier alpha value is -1.48. The molecule has 112 valence electrons. The van der Waals surface area contributed by atoms with E-state index in [0.717, 1.165) is 23.6 Å². The van der Waals surface area contributed by atoms with Gasteiger partial charge in [0.1, 0.15) is 0 Å². The van der Waals surface area contributed by atoms with E-state index in [1.54, 1.807) is 7.11 Å². The van der Waals surface area contributed by atoms with Crippen molar-refractivity contribution in [1.82, 2.24) is 5.32 Å². The van der Waals surface area contributed by atoms with Gasteiger partial charge in [0.25, 0.3) is 0 Å². The maximum Gasteiger partial charge on any atom is 0.168 e. The lowest BCUT2D eigenvalue weighted by Crippen LogP contribution is -2.24. The van der Waals surface area contributed by atoms with E-state index in [-0.39, 0.29) is 6.10 Å². The highest BCUT2D eigenvalue weighted by Gasteiger charge is 2.10. The number of para-hydroxylation sites is 1. The first kappa shape index (κ1) is 16.6. The molecule has 20 heavy (non-hydrogen) atoms. The van der Waals surface area contributed by atoms with Crippen molar-refractivity contribution in [3.63, 3.8) is 0 Å². The Balaban J connectivity index is 3.01. The van der Waals surface area contributed by atoms with Crippen molar-refractivity contribution in [1.29, 1.82) is 0 Å². The lowest BCUT2D eigenvalue weighted by atomic mass is 10.1. The predicted molar refractivity (Wildman–Crippen MR) is 85.5 cm³/mol. The zero-order valence-electron chi connectivity index (χ0n) is 13.5. The zero-order chi connectivity index (χ0) is 15.1. The molecule has 0 spiro atoms. The van der Waals surface area contributed by atoms with Crippen LogP contribution in [0.25, 0.3) is 6.08 Å². The molecule has 0 aliphatic heterocycles. The summed E-state index contributed by atoms with van der Waals surface area (Å²) in [5, 5.41) is 3.41. The molecular weight excluding hydrogens is 250 g/mol. The fraction of sp³-hybridized carbons (Fsp3) is 0.529. The van der Waals surface area contributed by atoms with Gasteiger partial charge in [0.05, 0.1) is 13.2 Å². The molecule has 3 heteroatoms. The van der Waals surface area contributed by atoms with Crippen LogP contribution in [0.1, 0.15) is 40.2 Å². The molecule has 0 aliphatic carbocycles. The number of benzene rings is 1. The average molecular weight is 277 g/mol. The summed E-state index contributed by atoms with van der Waals surface area (Å²) < 4.78 is 11.3. The van der Waals surface area contributed by atoms with Gasteiger partial charge in [-0.3, -0.25) is 0 Å². The predicted octanol–water partition coefficient (Wildman–Crippen LogP) is 3.88. The number of rotatable bonds is 7. The molecule has 1 rings (SSSR count). The summed E-state index contributed by atoms with van der Waals surface area (Å²) in [7, 11) is 1.67. The van der Waals surface area contributed by atoms with Crippen molar-refractivity contribution >= 4 is 6.08 Å². The fourth-order valence-electron chi connectivity index (χ4n) is 1.85. The smallest absolute Gasteiger partial charge is 0.168 e. The van der Waals surface area contributed by atoms with E-state index in [4.69, 9.17) is 9.47 Å². The Morgan fingerprint density at radius 2 is 1.95 bits per heavy atom. The van der Waals surface area contributed by atoms with Gasteiger partial charge >= 0.3 is 0 Å². The molecule has 0 bridgehead atoms. The Morgan fingerprint density at radius 1 is 1.25 bits per heavy atom. The minimum atomic E-state index is 0.118. The number of methoxy groups -OCH3 is 1. The van der Waals surface area contributed by atoms with Crippen molar-refractivity contribution in [2.75, 3.05) is 13.7 Å². The van der Waals surface area contributed by atoms with E-state index in [2.05, 4.69) is 38.2 Å². The average Bonchev–Trinajstić information content (AvgIpc) is 2.37. The van der Waals surface area contributed by atoms with E-state index >= 15 is 0 Å². The van der Waals surface area contributed by atoms with Gasteiger partial charge in [0.15, 0.2) is 11.5 Å². The van der Waals surface area contributed by atoms with E-state index in [0.29, 0.717) is 6.04 Å². The molecule has 0 saturated heterocycles. The van der Waals surface area contributed by atoms with Crippen LogP contribution in [0, 0.1) is 0 Å². The SMILES string of the molecule is COc1cccc(C=C(C)CNC(C)C)c1OC(C)C. The number of hydrogen-bond acceptors (Lipinski definition) is 3. The van der Waals surface area contributed by atoms with Crippen LogP contribution in [0.5, 0.6) is 11.5 Å². The highest BCUT2D eigenvalue weighted by Crippen LogP contribution is 2.33. The molecule has 0 unspecified atom stereocenters. The topological polar surface area (TPSA) is 30.5 Å². The molecule has 1 N–H and O–H groups in total. The van der Waals surface area contributed by atoms with Gasteiger partial charge in [0, 0.05) is 18.2 Å². The first-order chi connectivity index (χ1) is 9.43. The first-order valence-electron chi connectivity index (χ1n) is 7.18. The Bertz CT molecular complexity index is 450. The molecule has 0 fully saturated rings. The summed E-state index contributed by atoms with van der Waals surface area (Å²) in [4.78, 5) is 0. The summed E-state index contributed by atoms with van der Waals surface area (Å²) in [5.74, 6) is 1.59. The second-order valence-electron chi connectivity index (χ2n) is 5.57. The summed E-state index contributed by atoms with van der Waals surface area (Å²) in [6.07, 6.45) is 2.27. The highest BCUT2D eigenvalue weighted by atomic mass is 16.5. The molecule has 0 radical (unpaired) electrons. The second-order valence-corrected chi connectivity index (χ2v) is 5.57. The monoisotopic (exact) mass is 277 g/mol. The minimum absolute atomic E-state index is 0.118. The molecule has 0 heterocycles. The molecule has 0 amide bonds. The van der Waals surface area contributed by atoms with Crippen molar-refractivity contribution < 1.29 is 9.47 Å². The van der Waals surface area contributed by atoms with E-state index in [9.17, 15) is 0 Å². The Labute approximate surface area is 123 Å².